The van der Waals surface area contributed by atoms with Gasteiger partial charge in [-0.25, -0.2) is 4.98 Å². The molecule has 1 aromatic carbocycles. The fraction of sp³-hybridized carbons (Fsp3) is 0.0526. The summed E-state index contributed by atoms with van der Waals surface area (Å²) in [6.45, 7) is 1.75. The zero-order valence-corrected chi connectivity index (χ0v) is 13.8. The van der Waals surface area contributed by atoms with Crippen LogP contribution in [0, 0.1) is 18.3 Å². The molecular weight excluding hydrogens is 330 g/mol. The predicted molar refractivity (Wildman–Crippen MR) is 95.4 cm³/mol. The maximum absolute atomic E-state index is 12.5. The Morgan fingerprint density at radius 3 is 2.92 bits per heavy atom. The Kier molecular flexibility index (Phi) is 3.71. The molecule has 4 rings (SSSR count). The van der Waals surface area contributed by atoms with E-state index in [0.29, 0.717) is 28.3 Å². The SMILES string of the molecule is Cc1cc(C#N)cnc1C(=O)Nc1ccc2[nH]nc(-c3ccco3)c2c1. The molecule has 1 amide bonds. The van der Waals surface area contributed by atoms with Gasteiger partial charge in [0.1, 0.15) is 17.5 Å². The van der Waals surface area contributed by atoms with Gasteiger partial charge in [0.15, 0.2) is 5.76 Å². The van der Waals surface area contributed by atoms with Crippen LogP contribution in [0.3, 0.4) is 0 Å². The minimum absolute atomic E-state index is 0.280. The summed E-state index contributed by atoms with van der Waals surface area (Å²) in [5.74, 6) is 0.304. The van der Waals surface area contributed by atoms with E-state index in [9.17, 15) is 4.79 Å². The van der Waals surface area contributed by atoms with E-state index in [-0.39, 0.29) is 11.6 Å². The molecule has 0 aliphatic rings. The molecule has 2 N–H and O–H groups in total. The molecule has 4 aromatic rings. The summed E-state index contributed by atoms with van der Waals surface area (Å²) in [5, 5.41) is 19.8. The number of carbonyl (C=O) groups excluding carboxylic acids is 1. The molecule has 0 aliphatic carbocycles. The van der Waals surface area contributed by atoms with E-state index < -0.39 is 0 Å². The molecule has 7 heteroatoms. The Morgan fingerprint density at radius 1 is 1.31 bits per heavy atom. The highest BCUT2D eigenvalue weighted by atomic mass is 16.3. The first-order chi connectivity index (χ1) is 12.7. The van der Waals surface area contributed by atoms with Gasteiger partial charge < -0.3 is 9.73 Å². The van der Waals surface area contributed by atoms with Crippen molar-refractivity contribution in [2.75, 3.05) is 5.32 Å². The molecule has 26 heavy (non-hydrogen) atoms. The Balaban J connectivity index is 1.66. The number of pyridine rings is 1. The van der Waals surface area contributed by atoms with Gasteiger partial charge in [0.05, 0.1) is 17.3 Å². The van der Waals surface area contributed by atoms with Gasteiger partial charge in [-0.3, -0.25) is 9.89 Å². The third-order valence-corrected chi connectivity index (χ3v) is 4.00. The lowest BCUT2D eigenvalue weighted by Crippen LogP contribution is -2.15. The summed E-state index contributed by atoms with van der Waals surface area (Å²) in [6, 6.07) is 12.7. The maximum Gasteiger partial charge on any atom is 0.274 e. The number of nitrogens with one attached hydrogen (secondary N) is 2. The second-order valence-corrected chi connectivity index (χ2v) is 5.77. The minimum atomic E-state index is -0.339. The lowest BCUT2D eigenvalue weighted by atomic mass is 10.1. The van der Waals surface area contributed by atoms with Crippen LogP contribution in [-0.4, -0.2) is 21.1 Å². The van der Waals surface area contributed by atoms with Crippen molar-refractivity contribution in [1.82, 2.24) is 15.2 Å². The van der Waals surface area contributed by atoms with Gasteiger partial charge in [0.2, 0.25) is 0 Å². The highest BCUT2D eigenvalue weighted by molar-refractivity contribution is 6.05. The number of aromatic nitrogens is 3. The number of aromatic amines is 1. The summed E-state index contributed by atoms with van der Waals surface area (Å²) >= 11 is 0. The summed E-state index contributed by atoms with van der Waals surface area (Å²) in [7, 11) is 0. The van der Waals surface area contributed by atoms with E-state index in [2.05, 4.69) is 20.5 Å². The van der Waals surface area contributed by atoms with E-state index in [1.807, 2.05) is 24.3 Å². The molecule has 0 atom stereocenters. The van der Waals surface area contributed by atoms with Gasteiger partial charge >= 0.3 is 0 Å². The van der Waals surface area contributed by atoms with Crippen LogP contribution in [0.15, 0.2) is 53.3 Å². The van der Waals surface area contributed by atoms with Crippen molar-refractivity contribution in [1.29, 1.82) is 5.26 Å². The standard InChI is InChI=1S/C19H13N5O2/c1-11-7-12(9-20)10-21-17(11)19(25)22-13-4-5-15-14(8-13)18(24-23-15)16-3-2-6-26-16/h2-8,10H,1H3,(H,22,25)(H,23,24). The number of nitrogens with zero attached hydrogens (tertiary/aromatic N) is 3. The van der Waals surface area contributed by atoms with E-state index in [4.69, 9.17) is 9.68 Å². The van der Waals surface area contributed by atoms with Gasteiger partial charge in [0, 0.05) is 17.3 Å². The van der Waals surface area contributed by atoms with E-state index in [1.54, 1.807) is 31.4 Å². The van der Waals surface area contributed by atoms with Crippen LogP contribution < -0.4 is 5.32 Å². The van der Waals surface area contributed by atoms with Crippen LogP contribution in [0.5, 0.6) is 0 Å². The normalized spacial score (nSPS) is 10.6. The summed E-state index contributed by atoms with van der Waals surface area (Å²) < 4.78 is 5.41. The Morgan fingerprint density at radius 2 is 2.19 bits per heavy atom. The van der Waals surface area contributed by atoms with Crippen LogP contribution in [0.2, 0.25) is 0 Å². The van der Waals surface area contributed by atoms with Crippen molar-refractivity contribution in [2.24, 2.45) is 0 Å². The first-order valence-corrected chi connectivity index (χ1v) is 7.86. The van der Waals surface area contributed by atoms with Crippen LogP contribution in [0.1, 0.15) is 21.6 Å². The van der Waals surface area contributed by atoms with Gasteiger partial charge in [-0.15, -0.1) is 0 Å². The molecule has 7 nitrogen and oxygen atoms in total. The smallest absolute Gasteiger partial charge is 0.274 e. The van der Waals surface area contributed by atoms with Gasteiger partial charge in [0.25, 0.3) is 5.91 Å². The van der Waals surface area contributed by atoms with Gasteiger partial charge in [-0.05, 0) is 48.9 Å². The molecule has 3 heterocycles. The Hall–Kier alpha value is -3.92. The summed E-state index contributed by atoms with van der Waals surface area (Å²) in [6.07, 6.45) is 2.97. The van der Waals surface area contributed by atoms with Crippen molar-refractivity contribution < 1.29 is 9.21 Å². The highest BCUT2D eigenvalue weighted by Crippen LogP contribution is 2.28. The number of carbonyl (C=O) groups is 1. The monoisotopic (exact) mass is 343 g/mol. The predicted octanol–water partition coefficient (Wildman–Crippen LogP) is 3.65. The molecule has 3 aromatic heterocycles. The van der Waals surface area contributed by atoms with Crippen molar-refractivity contribution in [3.63, 3.8) is 0 Å². The molecule has 0 spiro atoms. The number of hydrogen-bond donors (Lipinski definition) is 2. The molecule has 0 bridgehead atoms. The Labute approximate surface area is 148 Å². The molecule has 0 unspecified atom stereocenters. The first-order valence-electron chi connectivity index (χ1n) is 7.86. The quantitative estimate of drug-likeness (QED) is 0.590. The van der Waals surface area contributed by atoms with Crippen LogP contribution in [-0.2, 0) is 0 Å². The van der Waals surface area contributed by atoms with Crippen molar-refractivity contribution >= 4 is 22.5 Å². The van der Waals surface area contributed by atoms with Crippen LogP contribution >= 0.6 is 0 Å². The molecular formula is C19H13N5O2. The van der Waals surface area contributed by atoms with E-state index in [0.717, 1.165) is 10.9 Å². The Bertz CT molecular complexity index is 1150. The van der Waals surface area contributed by atoms with E-state index >= 15 is 0 Å². The molecule has 0 fully saturated rings. The first kappa shape index (κ1) is 15.6. The second-order valence-electron chi connectivity index (χ2n) is 5.77. The second kappa shape index (κ2) is 6.18. The van der Waals surface area contributed by atoms with Crippen LogP contribution in [0.25, 0.3) is 22.4 Å². The molecule has 0 radical (unpaired) electrons. The molecule has 0 saturated carbocycles. The van der Waals surface area contributed by atoms with Gasteiger partial charge in [-0.2, -0.15) is 10.4 Å². The third-order valence-electron chi connectivity index (χ3n) is 4.00. The number of furan rings is 1. The van der Waals surface area contributed by atoms with Gasteiger partial charge in [-0.1, -0.05) is 0 Å². The third kappa shape index (κ3) is 2.70. The largest absolute Gasteiger partial charge is 0.463 e. The number of H-pyrrole nitrogens is 1. The number of hydrogen-bond acceptors (Lipinski definition) is 5. The lowest BCUT2D eigenvalue weighted by Gasteiger charge is -2.07. The number of fused-ring (bicyclic) bond motifs is 1. The number of anilines is 1. The molecule has 126 valence electrons. The zero-order chi connectivity index (χ0) is 18.1. The van der Waals surface area contributed by atoms with Crippen molar-refractivity contribution in [2.45, 2.75) is 6.92 Å². The number of amides is 1. The fourth-order valence-electron chi connectivity index (χ4n) is 2.76. The average molecular weight is 343 g/mol. The zero-order valence-electron chi connectivity index (χ0n) is 13.8. The highest BCUT2D eigenvalue weighted by Gasteiger charge is 2.14. The van der Waals surface area contributed by atoms with Crippen molar-refractivity contribution in [3.05, 3.63) is 65.7 Å². The average Bonchev–Trinajstić information content (AvgIpc) is 3.30. The summed E-state index contributed by atoms with van der Waals surface area (Å²) in [4.78, 5) is 16.6. The number of aryl methyl sites for hydroxylation is 1. The topological polar surface area (TPSA) is 108 Å². The van der Waals surface area contributed by atoms with E-state index in [1.165, 1.54) is 6.20 Å². The van der Waals surface area contributed by atoms with Crippen molar-refractivity contribution in [3.8, 4) is 17.5 Å². The fourth-order valence-corrected chi connectivity index (χ4v) is 2.76. The lowest BCUT2D eigenvalue weighted by molar-refractivity contribution is 0.102. The number of nitriles is 1. The minimum Gasteiger partial charge on any atom is -0.463 e. The van der Waals surface area contributed by atoms with Crippen LogP contribution in [0.4, 0.5) is 5.69 Å². The molecule has 0 aliphatic heterocycles. The number of rotatable bonds is 3. The number of benzene rings is 1. The molecule has 0 saturated heterocycles. The summed E-state index contributed by atoms with van der Waals surface area (Å²) in [5.41, 5.74) is 3.46. The maximum atomic E-state index is 12.5.